The summed E-state index contributed by atoms with van der Waals surface area (Å²) in [5.74, 6) is 0. The fourth-order valence-corrected chi connectivity index (χ4v) is 3.05. The van der Waals surface area contributed by atoms with Crippen LogP contribution < -0.4 is 5.32 Å². The quantitative estimate of drug-likeness (QED) is 0.884. The van der Waals surface area contributed by atoms with Crippen molar-refractivity contribution in [2.75, 3.05) is 19.6 Å². The first-order valence-corrected chi connectivity index (χ1v) is 7.99. The van der Waals surface area contributed by atoms with Crippen molar-refractivity contribution in [3.63, 3.8) is 0 Å². The van der Waals surface area contributed by atoms with Crippen LogP contribution in [-0.4, -0.2) is 30.6 Å². The summed E-state index contributed by atoms with van der Waals surface area (Å²) < 4.78 is 0. The molecule has 0 unspecified atom stereocenters. The highest BCUT2D eigenvalue weighted by Gasteiger charge is 2.23. The molecule has 1 aliphatic heterocycles. The number of nitrogens with zero attached hydrogens (tertiary/aromatic N) is 1. The van der Waals surface area contributed by atoms with E-state index in [-0.39, 0.29) is 0 Å². The van der Waals surface area contributed by atoms with Crippen molar-refractivity contribution in [1.29, 1.82) is 0 Å². The molecular formula is C18H30N2. The van der Waals surface area contributed by atoms with E-state index >= 15 is 0 Å². The molecule has 0 radical (unpaired) electrons. The van der Waals surface area contributed by atoms with Crippen LogP contribution in [0.15, 0.2) is 24.3 Å². The molecule has 1 heterocycles. The monoisotopic (exact) mass is 274 g/mol. The van der Waals surface area contributed by atoms with E-state index in [4.69, 9.17) is 0 Å². The molecule has 0 bridgehead atoms. The van der Waals surface area contributed by atoms with Gasteiger partial charge in [0.25, 0.3) is 0 Å². The van der Waals surface area contributed by atoms with Crippen molar-refractivity contribution in [2.24, 2.45) is 5.41 Å². The summed E-state index contributed by atoms with van der Waals surface area (Å²) in [6, 6.07) is 9.51. The zero-order valence-corrected chi connectivity index (χ0v) is 13.6. The highest BCUT2D eigenvalue weighted by molar-refractivity contribution is 5.28. The van der Waals surface area contributed by atoms with Gasteiger partial charge in [-0.3, -0.25) is 4.90 Å². The Bertz CT molecular complexity index is 423. The largest absolute Gasteiger partial charge is 0.314 e. The lowest BCUT2D eigenvalue weighted by Gasteiger charge is -2.33. The summed E-state index contributed by atoms with van der Waals surface area (Å²) in [4.78, 5) is 2.63. The third-order valence-electron chi connectivity index (χ3n) is 4.07. The number of hydrogen-bond donors (Lipinski definition) is 1. The first kappa shape index (κ1) is 15.5. The van der Waals surface area contributed by atoms with Gasteiger partial charge in [0.2, 0.25) is 0 Å². The first-order valence-electron chi connectivity index (χ1n) is 7.99. The fourth-order valence-electron chi connectivity index (χ4n) is 3.05. The highest BCUT2D eigenvalue weighted by Crippen LogP contribution is 2.23. The van der Waals surface area contributed by atoms with E-state index in [9.17, 15) is 0 Å². The molecule has 112 valence electrons. The Morgan fingerprint density at radius 1 is 1.20 bits per heavy atom. The van der Waals surface area contributed by atoms with Crippen molar-refractivity contribution in [3.8, 4) is 0 Å². The van der Waals surface area contributed by atoms with E-state index in [2.05, 4.69) is 62.2 Å². The second-order valence-corrected chi connectivity index (χ2v) is 7.28. The van der Waals surface area contributed by atoms with Gasteiger partial charge in [0, 0.05) is 25.7 Å². The Morgan fingerprint density at radius 2 is 1.90 bits per heavy atom. The number of benzene rings is 1. The second kappa shape index (κ2) is 6.73. The molecule has 0 saturated heterocycles. The minimum absolute atomic E-state index is 0.323. The summed E-state index contributed by atoms with van der Waals surface area (Å²) in [5, 5.41) is 3.58. The van der Waals surface area contributed by atoms with Gasteiger partial charge in [0.05, 0.1) is 0 Å². The summed E-state index contributed by atoms with van der Waals surface area (Å²) in [5.41, 5.74) is 3.40. The molecular weight excluding hydrogens is 244 g/mol. The molecule has 1 aromatic carbocycles. The van der Waals surface area contributed by atoms with Crippen molar-refractivity contribution in [1.82, 2.24) is 10.2 Å². The van der Waals surface area contributed by atoms with E-state index in [0.29, 0.717) is 11.5 Å². The van der Waals surface area contributed by atoms with Crippen LogP contribution in [0.5, 0.6) is 0 Å². The van der Waals surface area contributed by atoms with Crippen LogP contribution in [0.4, 0.5) is 0 Å². The summed E-state index contributed by atoms with van der Waals surface area (Å²) in [7, 11) is 0. The molecule has 20 heavy (non-hydrogen) atoms. The summed E-state index contributed by atoms with van der Waals surface area (Å²) in [6.07, 6.45) is 2.52. The van der Waals surface area contributed by atoms with Crippen molar-refractivity contribution >= 4 is 0 Å². The van der Waals surface area contributed by atoms with Crippen LogP contribution in [0.25, 0.3) is 0 Å². The number of fused-ring (bicyclic) bond motifs is 1. The van der Waals surface area contributed by atoms with Crippen LogP contribution in [0.1, 0.15) is 45.2 Å². The van der Waals surface area contributed by atoms with E-state index in [1.165, 1.54) is 31.5 Å². The molecule has 0 amide bonds. The number of rotatable bonds is 5. The first-order chi connectivity index (χ1) is 9.46. The van der Waals surface area contributed by atoms with Gasteiger partial charge in [-0.25, -0.2) is 0 Å². The molecule has 2 rings (SSSR count). The Hall–Kier alpha value is -0.860. The van der Waals surface area contributed by atoms with Gasteiger partial charge in [-0.15, -0.1) is 0 Å². The number of hydrogen-bond acceptors (Lipinski definition) is 2. The lowest BCUT2D eigenvalue weighted by atomic mass is 9.92. The predicted octanol–water partition coefficient (Wildman–Crippen LogP) is 3.46. The maximum Gasteiger partial charge on any atom is 0.0236 e. The number of aryl methyl sites for hydroxylation is 1. The van der Waals surface area contributed by atoms with Crippen LogP contribution in [-0.2, 0) is 13.0 Å². The Balaban J connectivity index is 1.96. The van der Waals surface area contributed by atoms with E-state index < -0.39 is 0 Å². The summed E-state index contributed by atoms with van der Waals surface area (Å²) in [6.45, 7) is 13.8. The maximum atomic E-state index is 3.58. The molecule has 0 atom stereocenters. The standard InChI is InChI=1S/C18H30N2/c1-15(2)19-13-18(3,4)14-20-11-7-10-16-8-5-6-9-17(16)12-20/h5-6,8-9,15,19H,7,10-14H2,1-4H3. The van der Waals surface area contributed by atoms with Crippen LogP contribution in [0, 0.1) is 5.41 Å². The highest BCUT2D eigenvalue weighted by atomic mass is 15.1. The van der Waals surface area contributed by atoms with Crippen molar-refractivity contribution in [2.45, 2.75) is 53.1 Å². The van der Waals surface area contributed by atoms with Crippen molar-refractivity contribution in [3.05, 3.63) is 35.4 Å². The Morgan fingerprint density at radius 3 is 2.60 bits per heavy atom. The normalized spacial score (nSPS) is 17.1. The third kappa shape index (κ3) is 4.60. The SMILES string of the molecule is CC(C)NCC(C)(C)CN1CCCc2ccccc2C1. The molecule has 2 heteroatoms. The third-order valence-corrected chi connectivity index (χ3v) is 4.07. The maximum absolute atomic E-state index is 3.58. The van der Waals surface area contributed by atoms with Crippen molar-refractivity contribution < 1.29 is 0 Å². The van der Waals surface area contributed by atoms with E-state index in [0.717, 1.165) is 13.1 Å². The average Bonchev–Trinajstić information content (AvgIpc) is 2.57. The van der Waals surface area contributed by atoms with Gasteiger partial charge in [0.1, 0.15) is 0 Å². The minimum atomic E-state index is 0.323. The molecule has 1 aromatic rings. The second-order valence-electron chi connectivity index (χ2n) is 7.28. The van der Waals surface area contributed by atoms with E-state index in [1.54, 1.807) is 5.56 Å². The predicted molar refractivity (Wildman–Crippen MR) is 87.0 cm³/mol. The zero-order chi connectivity index (χ0) is 14.6. The lowest BCUT2D eigenvalue weighted by Crippen LogP contribution is -2.42. The number of nitrogens with one attached hydrogen (secondary N) is 1. The fraction of sp³-hybridized carbons (Fsp3) is 0.667. The average molecular weight is 274 g/mol. The van der Waals surface area contributed by atoms with Gasteiger partial charge >= 0.3 is 0 Å². The minimum Gasteiger partial charge on any atom is -0.314 e. The summed E-state index contributed by atoms with van der Waals surface area (Å²) >= 11 is 0. The molecule has 0 saturated carbocycles. The Kier molecular flexibility index (Phi) is 5.22. The van der Waals surface area contributed by atoms with Crippen LogP contribution in [0.3, 0.4) is 0 Å². The van der Waals surface area contributed by atoms with E-state index in [1.807, 2.05) is 0 Å². The molecule has 1 aliphatic rings. The zero-order valence-electron chi connectivity index (χ0n) is 13.6. The molecule has 0 fully saturated rings. The lowest BCUT2D eigenvalue weighted by molar-refractivity contribution is 0.167. The van der Waals surface area contributed by atoms with Gasteiger partial charge in [-0.2, -0.15) is 0 Å². The van der Waals surface area contributed by atoms with Crippen LogP contribution >= 0.6 is 0 Å². The van der Waals surface area contributed by atoms with Gasteiger partial charge in [-0.1, -0.05) is 52.0 Å². The Labute approximate surface area is 124 Å². The van der Waals surface area contributed by atoms with Gasteiger partial charge in [0.15, 0.2) is 0 Å². The molecule has 0 spiro atoms. The smallest absolute Gasteiger partial charge is 0.0236 e. The van der Waals surface area contributed by atoms with Gasteiger partial charge < -0.3 is 5.32 Å². The molecule has 1 N–H and O–H groups in total. The molecule has 0 aromatic heterocycles. The topological polar surface area (TPSA) is 15.3 Å². The van der Waals surface area contributed by atoms with Gasteiger partial charge in [-0.05, 0) is 35.9 Å². The molecule has 2 nitrogen and oxygen atoms in total. The molecule has 0 aliphatic carbocycles. The van der Waals surface area contributed by atoms with Crippen LogP contribution in [0.2, 0.25) is 0 Å².